The fourth-order valence-corrected chi connectivity index (χ4v) is 11.8. The predicted molar refractivity (Wildman–Crippen MR) is 291 cm³/mol. The molecule has 3 N–H and O–H groups in total. The fourth-order valence-electron chi connectivity index (χ4n) is 10.5. The number of nitrogens with zero attached hydrogens (tertiary/aromatic N) is 9. The monoisotopic (exact) mass is 1080 g/mol. The van der Waals surface area contributed by atoms with Gasteiger partial charge in [-0.15, -0.1) is 11.3 Å². The molecule has 11 rings (SSSR count). The minimum Gasteiger partial charge on any atom is -0.486 e. The number of nitrogens with two attached hydrogens (primary N) is 1. The average molecular weight is 1090 g/mol. The van der Waals surface area contributed by atoms with E-state index in [0.717, 1.165) is 47.2 Å². The largest absolute Gasteiger partial charge is 0.486 e. The Morgan fingerprint density at radius 3 is 2.48 bits per heavy atom. The van der Waals surface area contributed by atoms with Crippen LogP contribution in [0.4, 0.5) is 19.6 Å². The number of esters is 1. The van der Waals surface area contributed by atoms with Crippen LogP contribution in [0.5, 0.6) is 11.8 Å². The number of benzene rings is 3. The van der Waals surface area contributed by atoms with E-state index in [0.29, 0.717) is 53.4 Å². The van der Waals surface area contributed by atoms with Crippen molar-refractivity contribution in [1.29, 1.82) is 10.5 Å². The average Bonchev–Trinajstić information content (AvgIpc) is 4.18. The number of aromatic nitrogens is 4. The molecule has 1 amide bonds. The van der Waals surface area contributed by atoms with Crippen molar-refractivity contribution in [1.82, 2.24) is 29.3 Å². The number of aryl methyl sites for hydroxylation is 1. The molecule has 0 radical (unpaired) electrons. The predicted octanol–water partition coefficient (Wildman–Crippen LogP) is 8.99. The minimum absolute atomic E-state index is 0.0122. The molecule has 17 nitrogen and oxygen atoms in total. The summed E-state index contributed by atoms with van der Waals surface area (Å²) in [5.41, 5.74) is 10.2. The molecule has 0 saturated carbocycles. The van der Waals surface area contributed by atoms with Gasteiger partial charge < -0.3 is 44.3 Å². The maximum absolute atomic E-state index is 17.2. The van der Waals surface area contributed by atoms with E-state index < -0.39 is 29.8 Å². The highest BCUT2D eigenvalue weighted by Gasteiger charge is 2.36. The lowest BCUT2D eigenvalue weighted by Crippen LogP contribution is -2.50. The van der Waals surface area contributed by atoms with Gasteiger partial charge in [-0.25, -0.2) is 18.6 Å². The first kappa shape index (κ1) is 54.1. The van der Waals surface area contributed by atoms with Gasteiger partial charge in [0.2, 0.25) is 0 Å². The number of hydrogen-bond donors (Lipinski definition) is 2. The normalized spacial score (nSPS) is 17.0. The molecule has 0 spiro atoms. The quantitative estimate of drug-likeness (QED) is 0.0962. The number of rotatable bonds is 10. The lowest BCUT2D eigenvalue weighted by Gasteiger charge is -2.36. The molecule has 2 saturated heterocycles. The van der Waals surface area contributed by atoms with Gasteiger partial charge in [0.25, 0.3) is 11.5 Å². The van der Waals surface area contributed by atoms with E-state index in [9.17, 15) is 24.8 Å². The number of likely N-dealkylation sites (N-methyl/N-ethyl adjacent to an activating group) is 1. The lowest BCUT2D eigenvalue weighted by atomic mass is 9.97. The second-order valence-electron chi connectivity index (χ2n) is 18.7. The number of amides is 1. The van der Waals surface area contributed by atoms with Crippen molar-refractivity contribution in [3.8, 4) is 46.4 Å². The second-order valence-corrected chi connectivity index (χ2v) is 20.2. The fraction of sp³-hybridized carbons (Fsp3) is 0.357. The number of piperazine rings is 1. The van der Waals surface area contributed by atoms with Gasteiger partial charge in [-0.2, -0.15) is 20.5 Å². The molecule has 4 aliphatic heterocycles. The van der Waals surface area contributed by atoms with Crippen LogP contribution in [0.2, 0.25) is 5.02 Å². The molecule has 7 aromatic rings. The first-order valence-corrected chi connectivity index (χ1v) is 26.5. The molecule has 3 unspecified atom stereocenters. The zero-order valence-corrected chi connectivity index (χ0v) is 44.9. The van der Waals surface area contributed by atoms with Gasteiger partial charge in [0.05, 0.1) is 50.4 Å². The van der Waals surface area contributed by atoms with Crippen LogP contribution in [0.25, 0.3) is 54.4 Å². The van der Waals surface area contributed by atoms with E-state index in [1.807, 2.05) is 50.9 Å². The molecule has 4 aromatic heterocycles. The third-order valence-corrected chi connectivity index (χ3v) is 15.8. The van der Waals surface area contributed by atoms with Crippen LogP contribution in [0.3, 0.4) is 0 Å². The van der Waals surface area contributed by atoms with Gasteiger partial charge in [-0.1, -0.05) is 45.0 Å². The van der Waals surface area contributed by atoms with Gasteiger partial charge in [-0.05, 0) is 87.3 Å². The highest BCUT2D eigenvalue weighted by Crippen LogP contribution is 2.46. The van der Waals surface area contributed by atoms with Crippen LogP contribution in [0.15, 0.2) is 59.4 Å². The number of cyclic esters (lactones) is 1. The van der Waals surface area contributed by atoms with E-state index in [2.05, 4.69) is 16.5 Å². The standard InChI is InChI=1S/C52H46ClF2N9O7S.C2H3N.C2H6/c1-5-28-30-17-27(8-11-38(30)58-43-34(28)21-64-39(43)19-31-35(50(64)67)23-69-51(68)45(31)65)71-25(3)24(2)49(66)63-15-13-62(14-16-63)48-32-18-36(53)41(29-9-10-37(54)46-40(29)33(20-56)47(57)72-46)42(55)44(32)59-52(60-48)70-22-26-7-6-12-61(26)4;1-2-3;1-2/h8-11,17-19,25-26,45,65H,2,5-7,12-16,21-23,57H2,1,3-4H3;1H3;1-2H3. The van der Waals surface area contributed by atoms with Crippen LogP contribution in [-0.4, -0.2) is 105 Å². The summed E-state index contributed by atoms with van der Waals surface area (Å²) in [6.07, 6.45) is 0.257. The number of hydrogen-bond acceptors (Lipinski definition) is 16. The zero-order valence-electron chi connectivity index (χ0n) is 43.3. The number of aliphatic hydroxyl groups is 1. The number of nitriles is 2. The number of carbonyl (C=O) groups is 2. The Bertz CT molecular complexity index is 3720. The van der Waals surface area contributed by atoms with Crippen LogP contribution >= 0.6 is 22.9 Å². The number of nitrogen functional groups attached to an aromatic ring is 1. The van der Waals surface area contributed by atoms with Gasteiger partial charge >= 0.3 is 12.0 Å². The van der Waals surface area contributed by atoms with E-state index in [1.54, 1.807) is 40.7 Å². The van der Waals surface area contributed by atoms with Crippen LogP contribution < -0.4 is 25.7 Å². The maximum Gasteiger partial charge on any atom is 0.340 e. The molecule has 4 aliphatic rings. The molecule has 0 aliphatic carbocycles. The molecular weight excluding hydrogens is 1030 g/mol. The Morgan fingerprint density at radius 1 is 1.05 bits per heavy atom. The molecule has 21 heteroatoms. The van der Waals surface area contributed by atoms with E-state index >= 15 is 8.78 Å². The third-order valence-electron chi connectivity index (χ3n) is 14.5. The second kappa shape index (κ2) is 22.1. The number of halogens is 3. The Labute approximate surface area is 451 Å². The van der Waals surface area contributed by atoms with E-state index in [-0.39, 0.29) is 115 Å². The zero-order chi connectivity index (χ0) is 55.1. The van der Waals surface area contributed by atoms with Gasteiger partial charge in [0.1, 0.15) is 53.3 Å². The maximum atomic E-state index is 17.2. The number of carbonyl (C=O) groups excluding carboxylic acids is 2. The molecule has 8 heterocycles. The number of ether oxygens (including phenoxy) is 3. The van der Waals surface area contributed by atoms with Gasteiger partial charge in [0.15, 0.2) is 11.9 Å². The van der Waals surface area contributed by atoms with E-state index in [1.165, 1.54) is 19.1 Å². The molecule has 0 bridgehead atoms. The summed E-state index contributed by atoms with van der Waals surface area (Å²) in [6.45, 7) is 15.7. The number of likely N-dealkylation sites (tertiary alicyclic amines) is 1. The number of pyridine rings is 2. The summed E-state index contributed by atoms with van der Waals surface area (Å²) in [7, 11) is 2.02. The number of fused-ring (bicyclic) bond motifs is 7. The van der Waals surface area contributed by atoms with Crippen molar-refractivity contribution < 1.29 is 37.7 Å². The number of anilines is 2. The highest BCUT2D eigenvalue weighted by molar-refractivity contribution is 7.23. The Balaban J connectivity index is 0.00000140. The smallest absolute Gasteiger partial charge is 0.340 e. The summed E-state index contributed by atoms with van der Waals surface area (Å²) in [6, 6.07) is 15.1. The van der Waals surface area contributed by atoms with Crippen LogP contribution in [-0.2, 0) is 33.9 Å². The molecule has 77 heavy (non-hydrogen) atoms. The van der Waals surface area contributed by atoms with Crippen molar-refractivity contribution in [2.45, 2.75) is 85.3 Å². The first-order chi connectivity index (χ1) is 37.1. The van der Waals surface area contributed by atoms with E-state index in [4.69, 9.17) is 46.8 Å². The third kappa shape index (κ3) is 9.64. The Hall–Kier alpha value is -7.75. The summed E-state index contributed by atoms with van der Waals surface area (Å²) >= 11 is 7.84. The van der Waals surface area contributed by atoms with Crippen molar-refractivity contribution in [2.24, 2.45) is 0 Å². The Kier molecular flexibility index (Phi) is 15.5. The Morgan fingerprint density at radius 2 is 1.79 bits per heavy atom. The summed E-state index contributed by atoms with van der Waals surface area (Å²) in [4.78, 5) is 60.0. The number of thiophene rings is 1. The summed E-state index contributed by atoms with van der Waals surface area (Å²) in [5, 5.41) is 29.2. The van der Waals surface area contributed by atoms with Crippen molar-refractivity contribution in [3.63, 3.8) is 0 Å². The highest BCUT2D eigenvalue weighted by atomic mass is 35.5. The first-order valence-electron chi connectivity index (χ1n) is 25.3. The molecular formula is C56H55ClF2N10O7S. The molecule has 3 aromatic carbocycles. The van der Waals surface area contributed by atoms with Crippen molar-refractivity contribution in [3.05, 3.63) is 109 Å². The van der Waals surface area contributed by atoms with Crippen LogP contribution in [0, 0.1) is 34.3 Å². The minimum atomic E-state index is -1.55. The van der Waals surface area contributed by atoms with Gasteiger partial charge in [-0.3, -0.25) is 9.59 Å². The molecule has 398 valence electrons. The van der Waals surface area contributed by atoms with Gasteiger partial charge in [0, 0.05) is 77.6 Å². The SMILES string of the molecule is C=C(C(=O)N1CCN(c2nc(OCC3CCCN3C)nc3c(F)c(-c4ccc(F)c5sc(N)c(C#N)c45)c(Cl)cc23)CC1)C(C)Oc1ccc2nc3c(c(CC)c2c1)Cn1c-3cc2c(c1=O)COC(=O)C2O.CC.CC#N. The van der Waals surface area contributed by atoms with Crippen LogP contribution in [0.1, 0.15) is 81.4 Å². The summed E-state index contributed by atoms with van der Waals surface area (Å²) in [5.74, 6) is -1.66. The topological polar surface area (TPSA) is 226 Å². The van der Waals surface area contributed by atoms with Crippen molar-refractivity contribution in [2.75, 3.05) is 57.0 Å². The molecule has 2 fully saturated rings. The van der Waals surface area contributed by atoms with Crippen molar-refractivity contribution >= 4 is 77.5 Å². The number of aliphatic hydroxyl groups excluding tert-OH is 1. The molecule has 3 atom stereocenters. The summed E-state index contributed by atoms with van der Waals surface area (Å²) < 4.78 is 51.6. The lowest BCUT2D eigenvalue weighted by molar-refractivity contribution is -0.157.